The highest BCUT2D eigenvalue weighted by Crippen LogP contribution is 2.20. The first-order chi connectivity index (χ1) is 14.0. The minimum atomic E-state index is -1.32. The molecule has 2 aromatic carbocycles. The molecule has 1 amide bonds. The number of nitrogens with one attached hydrogen (secondary N) is 1. The molecule has 0 saturated carbocycles. The van der Waals surface area contributed by atoms with E-state index in [1.807, 2.05) is 12.1 Å². The van der Waals surface area contributed by atoms with E-state index in [4.69, 9.17) is 15.6 Å². The highest BCUT2D eigenvalue weighted by molar-refractivity contribution is 5.97. The van der Waals surface area contributed by atoms with E-state index in [0.29, 0.717) is 18.0 Å². The topological polar surface area (TPSA) is 97.5 Å². The van der Waals surface area contributed by atoms with Crippen LogP contribution < -0.4 is 15.8 Å². The van der Waals surface area contributed by atoms with Crippen LogP contribution in [0.5, 0.6) is 5.75 Å². The van der Waals surface area contributed by atoms with Crippen LogP contribution in [-0.2, 0) is 11.2 Å². The molecule has 0 spiro atoms. The summed E-state index contributed by atoms with van der Waals surface area (Å²) in [4.78, 5) is 16.0. The molecule has 6 nitrogen and oxygen atoms in total. The number of hydrogen-bond acceptors (Lipinski definition) is 5. The molecule has 0 unspecified atom stereocenters. The third-order valence-electron chi connectivity index (χ3n) is 4.59. The highest BCUT2D eigenvalue weighted by atomic mass is 16.5. The minimum Gasteiger partial charge on any atom is -0.493 e. The molecule has 0 aliphatic carbocycles. The largest absolute Gasteiger partial charge is 0.493 e. The van der Waals surface area contributed by atoms with Crippen LogP contribution in [0.3, 0.4) is 0 Å². The van der Waals surface area contributed by atoms with E-state index in [1.54, 1.807) is 36.7 Å². The van der Waals surface area contributed by atoms with Gasteiger partial charge in [-0.2, -0.15) is 0 Å². The first-order valence-electron chi connectivity index (χ1n) is 9.41. The Hall–Kier alpha value is -3.22. The molecule has 3 aromatic rings. The number of benzene rings is 2. The predicted octanol–water partition coefficient (Wildman–Crippen LogP) is 3.02. The van der Waals surface area contributed by atoms with Gasteiger partial charge in [0.25, 0.3) is 0 Å². The van der Waals surface area contributed by atoms with Crippen molar-refractivity contribution in [1.82, 2.24) is 4.98 Å². The standard InChI is InChI=1S/C23H25N3O3/c1-23(24,16-27)22(28)26-20-6-8-21(9-7-20)29-15-12-17-2-4-18(5-3-17)19-10-13-25-14-11-19/h2-11,13-14,27H,12,15-16,24H2,1H3,(H,26,28)/t23-/m0/s1. The molecule has 3 rings (SSSR count). The van der Waals surface area contributed by atoms with Crippen LogP contribution in [0, 0.1) is 0 Å². The van der Waals surface area contributed by atoms with Crippen molar-refractivity contribution in [2.45, 2.75) is 18.9 Å². The molecule has 6 heteroatoms. The van der Waals surface area contributed by atoms with E-state index < -0.39 is 18.1 Å². The molecule has 0 saturated heterocycles. The van der Waals surface area contributed by atoms with Crippen LogP contribution in [0.4, 0.5) is 5.69 Å². The molecule has 0 aliphatic rings. The van der Waals surface area contributed by atoms with E-state index in [0.717, 1.165) is 17.5 Å². The Morgan fingerprint density at radius 1 is 1.03 bits per heavy atom. The van der Waals surface area contributed by atoms with Crippen molar-refractivity contribution in [3.8, 4) is 16.9 Å². The zero-order valence-corrected chi connectivity index (χ0v) is 16.3. The van der Waals surface area contributed by atoms with Crippen molar-refractivity contribution >= 4 is 11.6 Å². The number of nitrogens with zero attached hydrogens (tertiary/aromatic N) is 1. The maximum absolute atomic E-state index is 12.0. The normalized spacial score (nSPS) is 12.8. The van der Waals surface area contributed by atoms with Gasteiger partial charge in [0, 0.05) is 24.5 Å². The maximum Gasteiger partial charge on any atom is 0.246 e. The van der Waals surface area contributed by atoms with Crippen molar-refractivity contribution < 1.29 is 14.6 Å². The quantitative estimate of drug-likeness (QED) is 0.548. The predicted molar refractivity (Wildman–Crippen MR) is 114 cm³/mol. The molecule has 4 N–H and O–H groups in total. The zero-order valence-electron chi connectivity index (χ0n) is 16.3. The van der Waals surface area contributed by atoms with E-state index in [-0.39, 0.29) is 0 Å². The van der Waals surface area contributed by atoms with Gasteiger partial charge in [-0.3, -0.25) is 9.78 Å². The minimum absolute atomic E-state index is 0.427. The van der Waals surface area contributed by atoms with Gasteiger partial charge in [-0.15, -0.1) is 0 Å². The van der Waals surface area contributed by atoms with E-state index in [9.17, 15) is 4.79 Å². The fourth-order valence-electron chi connectivity index (χ4n) is 2.68. The summed E-state index contributed by atoms with van der Waals surface area (Å²) in [5.74, 6) is 0.276. The van der Waals surface area contributed by atoms with Crippen molar-refractivity contribution in [3.05, 3.63) is 78.6 Å². The van der Waals surface area contributed by atoms with Gasteiger partial charge in [-0.05, 0) is 60.0 Å². The van der Waals surface area contributed by atoms with Crippen LogP contribution in [0.25, 0.3) is 11.1 Å². The summed E-state index contributed by atoms with van der Waals surface area (Å²) < 4.78 is 5.79. The van der Waals surface area contributed by atoms with Crippen molar-refractivity contribution in [2.24, 2.45) is 5.73 Å². The van der Waals surface area contributed by atoms with Crippen LogP contribution in [-0.4, -0.2) is 34.8 Å². The second kappa shape index (κ2) is 9.32. The molecule has 1 atom stereocenters. The molecule has 29 heavy (non-hydrogen) atoms. The van der Waals surface area contributed by atoms with Crippen molar-refractivity contribution in [1.29, 1.82) is 0 Å². The Bertz CT molecular complexity index is 924. The summed E-state index contributed by atoms with van der Waals surface area (Å²) in [5.41, 5.74) is 8.48. The fraction of sp³-hybridized carbons (Fsp3) is 0.217. The third kappa shape index (κ3) is 5.63. The number of amides is 1. The van der Waals surface area contributed by atoms with Gasteiger partial charge >= 0.3 is 0 Å². The SMILES string of the molecule is C[C@](N)(CO)C(=O)Nc1ccc(OCCc2ccc(-c3ccncc3)cc2)cc1. The molecule has 150 valence electrons. The monoisotopic (exact) mass is 391 g/mol. The van der Waals surface area contributed by atoms with Gasteiger partial charge in [0.05, 0.1) is 13.2 Å². The summed E-state index contributed by atoms with van der Waals surface area (Å²) in [5, 5.41) is 11.8. The Morgan fingerprint density at radius 2 is 1.66 bits per heavy atom. The summed E-state index contributed by atoms with van der Waals surface area (Å²) in [7, 11) is 0. The van der Waals surface area contributed by atoms with E-state index in [2.05, 4.69) is 34.6 Å². The maximum atomic E-state index is 12.0. The Morgan fingerprint density at radius 3 is 2.28 bits per heavy atom. The number of anilines is 1. The van der Waals surface area contributed by atoms with Gasteiger partial charge in [-0.1, -0.05) is 24.3 Å². The van der Waals surface area contributed by atoms with E-state index >= 15 is 0 Å². The van der Waals surface area contributed by atoms with Gasteiger partial charge in [-0.25, -0.2) is 0 Å². The van der Waals surface area contributed by atoms with Crippen molar-refractivity contribution in [3.63, 3.8) is 0 Å². The van der Waals surface area contributed by atoms with Crippen LogP contribution in [0.2, 0.25) is 0 Å². The number of nitrogens with two attached hydrogens (primary N) is 1. The summed E-state index contributed by atoms with van der Waals surface area (Å²) >= 11 is 0. The summed E-state index contributed by atoms with van der Waals surface area (Å²) in [6.45, 7) is 1.60. The lowest BCUT2D eigenvalue weighted by atomic mass is 10.0. The number of ether oxygens (including phenoxy) is 1. The number of carbonyl (C=O) groups is 1. The number of rotatable bonds is 8. The highest BCUT2D eigenvalue weighted by Gasteiger charge is 2.27. The van der Waals surface area contributed by atoms with Gasteiger partial charge in [0.1, 0.15) is 11.3 Å². The van der Waals surface area contributed by atoms with Crippen LogP contribution in [0.15, 0.2) is 73.1 Å². The second-order valence-electron chi connectivity index (χ2n) is 7.09. The summed E-state index contributed by atoms with van der Waals surface area (Å²) in [6.07, 6.45) is 4.36. The van der Waals surface area contributed by atoms with Crippen LogP contribution >= 0.6 is 0 Å². The Kier molecular flexibility index (Phi) is 6.59. The average molecular weight is 391 g/mol. The second-order valence-corrected chi connectivity index (χ2v) is 7.09. The van der Waals surface area contributed by atoms with Gasteiger partial charge in [0.2, 0.25) is 5.91 Å². The molecule has 0 fully saturated rings. The molecular weight excluding hydrogens is 366 g/mol. The lowest BCUT2D eigenvalue weighted by Crippen LogP contribution is -2.51. The fourth-order valence-corrected chi connectivity index (χ4v) is 2.68. The molecule has 0 radical (unpaired) electrons. The van der Waals surface area contributed by atoms with Gasteiger partial charge in [0.15, 0.2) is 0 Å². The molecular formula is C23H25N3O3. The number of aliphatic hydroxyl groups is 1. The lowest BCUT2D eigenvalue weighted by Gasteiger charge is -2.20. The number of aliphatic hydroxyl groups excluding tert-OH is 1. The molecule has 0 bridgehead atoms. The molecule has 1 aromatic heterocycles. The zero-order chi connectivity index (χ0) is 20.7. The van der Waals surface area contributed by atoms with Crippen LogP contribution in [0.1, 0.15) is 12.5 Å². The summed E-state index contributed by atoms with van der Waals surface area (Å²) in [6, 6.07) is 19.4. The van der Waals surface area contributed by atoms with Gasteiger partial charge < -0.3 is 20.9 Å². The first-order valence-corrected chi connectivity index (χ1v) is 9.41. The molecule has 1 heterocycles. The number of aromatic nitrogens is 1. The van der Waals surface area contributed by atoms with Crippen molar-refractivity contribution in [2.75, 3.05) is 18.5 Å². The Labute approximate surface area is 170 Å². The third-order valence-corrected chi connectivity index (χ3v) is 4.59. The Balaban J connectivity index is 1.49. The molecule has 0 aliphatic heterocycles. The smallest absolute Gasteiger partial charge is 0.246 e. The average Bonchev–Trinajstić information content (AvgIpc) is 2.76. The van der Waals surface area contributed by atoms with E-state index in [1.165, 1.54) is 12.5 Å². The number of hydrogen-bond donors (Lipinski definition) is 3. The first kappa shape index (κ1) is 20.5. The number of carbonyl (C=O) groups excluding carboxylic acids is 1. The number of pyridine rings is 1. The lowest BCUT2D eigenvalue weighted by molar-refractivity contribution is -0.121.